The molecule has 0 N–H and O–H groups in total. The second-order valence-corrected chi connectivity index (χ2v) is 5.08. The number of para-hydroxylation sites is 1. The average Bonchev–Trinajstić information content (AvgIpc) is 2.43. The largest absolute Gasteiger partial charge is 0.423 e. The topological polar surface area (TPSA) is 52.6 Å². The van der Waals surface area contributed by atoms with Gasteiger partial charge in [0, 0.05) is 6.92 Å². The van der Waals surface area contributed by atoms with Crippen LogP contribution < -0.4 is 9.47 Å². The van der Waals surface area contributed by atoms with E-state index in [9.17, 15) is 9.59 Å². The van der Waals surface area contributed by atoms with Gasteiger partial charge in [-0.05, 0) is 46.9 Å². The molecule has 0 radical (unpaired) electrons. The van der Waals surface area contributed by atoms with Crippen molar-refractivity contribution in [1.82, 2.24) is 0 Å². The van der Waals surface area contributed by atoms with Crippen LogP contribution in [0.4, 0.5) is 0 Å². The van der Waals surface area contributed by atoms with E-state index in [1.807, 2.05) is 28.7 Å². The number of ether oxygens (including phenoxy) is 2. The zero-order chi connectivity index (χ0) is 14.5. The molecule has 0 unspecified atom stereocenters. The third-order valence-corrected chi connectivity index (χ3v) is 3.24. The maximum Gasteiger partial charge on any atom is 0.343 e. The van der Waals surface area contributed by atoms with Crippen LogP contribution in [0.3, 0.4) is 0 Å². The number of esters is 2. The molecule has 0 aliphatic heterocycles. The van der Waals surface area contributed by atoms with Crippen molar-refractivity contribution in [3.63, 3.8) is 0 Å². The van der Waals surface area contributed by atoms with Crippen molar-refractivity contribution in [1.29, 1.82) is 0 Å². The number of carbonyl (C=O) groups excluding carboxylic acids is 2. The van der Waals surface area contributed by atoms with E-state index < -0.39 is 11.9 Å². The minimum Gasteiger partial charge on any atom is -0.423 e. The molecule has 0 aliphatic rings. The van der Waals surface area contributed by atoms with Crippen molar-refractivity contribution in [2.24, 2.45) is 0 Å². The second-order valence-electron chi connectivity index (χ2n) is 3.92. The van der Waals surface area contributed by atoms with Gasteiger partial charge in [-0.2, -0.15) is 0 Å². The monoisotopic (exact) mass is 382 g/mol. The minimum absolute atomic E-state index is 0.230. The van der Waals surface area contributed by atoms with Crippen LogP contribution in [0.1, 0.15) is 17.3 Å². The van der Waals surface area contributed by atoms with E-state index in [1.165, 1.54) is 6.92 Å². The maximum absolute atomic E-state index is 12.0. The maximum atomic E-state index is 12.0. The molecule has 0 heterocycles. The lowest BCUT2D eigenvalue weighted by Crippen LogP contribution is -2.11. The third kappa shape index (κ3) is 3.57. The molecule has 0 spiro atoms. The highest BCUT2D eigenvalue weighted by Crippen LogP contribution is 2.33. The summed E-state index contributed by atoms with van der Waals surface area (Å²) in [7, 11) is 0. The number of rotatable bonds is 3. The van der Waals surface area contributed by atoms with Crippen LogP contribution in [0.2, 0.25) is 0 Å². The van der Waals surface area contributed by atoms with Crippen LogP contribution in [0, 0.1) is 3.57 Å². The summed E-state index contributed by atoms with van der Waals surface area (Å²) in [5, 5.41) is 0. The molecule has 0 saturated heterocycles. The van der Waals surface area contributed by atoms with Crippen LogP contribution in [-0.2, 0) is 4.79 Å². The molecule has 0 saturated carbocycles. The van der Waals surface area contributed by atoms with Gasteiger partial charge in [0.1, 0.15) is 0 Å². The Morgan fingerprint density at radius 1 is 0.950 bits per heavy atom. The van der Waals surface area contributed by atoms with Crippen molar-refractivity contribution in [3.05, 3.63) is 57.7 Å². The van der Waals surface area contributed by atoms with Crippen molar-refractivity contribution in [2.75, 3.05) is 0 Å². The molecule has 0 amide bonds. The Balaban J connectivity index is 2.29. The molecule has 0 aromatic heterocycles. The number of hydrogen-bond acceptors (Lipinski definition) is 4. The number of hydrogen-bond donors (Lipinski definition) is 0. The van der Waals surface area contributed by atoms with Crippen LogP contribution in [0.25, 0.3) is 0 Å². The quantitative estimate of drug-likeness (QED) is 0.464. The van der Waals surface area contributed by atoms with Crippen molar-refractivity contribution in [2.45, 2.75) is 6.92 Å². The number of halogens is 1. The van der Waals surface area contributed by atoms with Crippen LogP contribution in [0.15, 0.2) is 48.5 Å². The fourth-order valence-corrected chi connectivity index (χ4v) is 2.13. The molecule has 2 aromatic carbocycles. The highest BCUT2D eigenvalue weighted by molar-refractivity contribution is 14.1. The van der Waals surface area contributed by atoms with E-state index in [0.29, 0.717) is 9.13 Å². The average molecular weight is 382 g/mol. The Labute approximate surface area is 129 Å². The molecular weight excluding hydrogens is 371 g/mol. The Kier molecular flexibility index (Phi) is 4.73. The van der Waals surface area contributed by atoms with Crippen LogP contribution in [0.5, 0.6) is 11.5 Å². The van der Waals surface area contributed by atoms with E-state index in [2.05, 4.69) is 0 Å². The Morgan fingerprint density at radius 2 is 1.65 bits per heavy atom. The molecule has 5 heteroatoms. The summed E-state index contributed by atoms with van der Waals surface area (Å²) in [6, 6.07) is 13.7. The molecular formula is C15H11IO4. The summed E-state index contributed by atoms with van der Waals surface area (Å²) in [6.07, 6.45) is 0. The first-order valence-corrected chi connectivity index (χ1v) is 6.90. The van der Waals surface area contributed by atoms with Gasteiger partial charge >= 0.3 is 11.9 Å². The molecule has 4 nitrogen and oxygen atoms in total. The predicted octanol–water partition coefficient (Wildman–Crippen LogP) is 3.44. The van der Waals surface area contributed by atoms with E-state index in [1.54, 1.807) is 42.5 Å². The molecule has 0 bridgehead atoms. The van der Waals surface area contributed by atoms with Crippen molar-refractivity contribution >= 4 is 34.5 Å². The molecule has 2 rings (SSSR count). The highest BCUT2D eigenvalue weighted by Gasteiger charge is 2.16. The van der Waals surface area contributed by atoms with Gasteiger partial charge < -0.3 is 9.47 Å². The van der Waals surface area contributed by atoms with Gasteiger partial charge in [-0.25, -0.2) is 4.79 Å². The minimum atomic E-state index is -0.497. The Morgan fingerprint density at radius 3 is 2.30 bits per heavy atom. The zero-order valence-corrected chi connectivity index (χ0v) is 12.8. The lowest BCUT2D eigenvalue weighted by atomic mass is 10.2. The fraction of sp³-hybridized carbons (Fsp3) is 0.0667. The molecule has 20 heavy (non-hydrogen) atoms. The summed E-state index contributed by atoms with van der Waals surface area (Å²) in [5.41, 5.74) is 0.431. The van der Waals surface area contributed by atoms with Gasteiger partial charge in [-0.1, -0.05) is 24.3 Å². The summed E-state index contributed by atoms with van der Waals surface area (Å²) < 4.78 is 11.1. The third-order valence-electron chi connectivity index (χ3n) is 2.39. The van der Waals surface area contributed by atoms with Gasteiger partial charge in [0.25, 0.3) is 0 Å². The van der Waals surface area contributed by atoms with E-state index in [0.717, 1.165) is 0 Å². The standard InChI is InChI=1S/C15H11IO4/c1-10(17)19-13-9-5-8-12(16)14(13)20-15(18)11-6-3-2-4-7-11/h2-9H,1H3. The lowest BCUT2D eigenvalue weighted by Gasteiger charge is -2.11. The summed E-state index contributed by atoms with van der Waals surface area (Å²) >= 11 is 2.02. The van der Waals surface area contributed by atoms with E-state index in [-0.39, 0.29) is 11.5 Å². The van der Waals surface area contributed by atoms with Crippen LogP contribution in [-0.4, -0.2) is 11.9 Å². The Hall–Kier alpha value is -1.89. The summed E-state index contributed by atoms with van der Waals surface area (Å²) in [4.78, 5) is 23.1. The fourth-order valence-electron chi connectivity index (χ4n) is 1.55. The van der Waals surface area contributed by atoms with Crippen LogP contribution >= 0.6 is 22.6 Å². The predicted molar refractivity (Wildman–Crippen MR) is 81.9 cm³/mol. The van der Waals surface area contributed by atoms with Gasteiger partial charge in [-0.15, -0.1) is 0 Å². The molecule has 0 fully saturated rings. The normalized spacial score (nSPS) is 9.90. The molecule has 102 valence electrons. The summed E-state index contributed by atoms with van der Waals surface area (Å²) in [5.74, 6) is -0.488. The molecule has 0 aliphatic carbocycles. The first kappa shape index (κ1) is 14.5. The lowest BCUT2D eigenvalue weighted by molar-refractivity contribution is -0.132. The first-order chi connectivity index (χ1) is 9.58. The van der Waals surface area contributed by atoms with Gasteiger partial charge in [0.2, 0.25) is 0 Å². The molecule has 0 atom stereocenters. The van der Waals surface area contributed by atoms with Crippen molar-refractivity contribution < 1.29 is 19.1 Å². The summed E-state index contributed by atoms with van der Waals surface area (Å²) in [6.45, 7) is 1.29. The zero-order valence-electron chi connectivity index (χ0n) is 10.6. The van der Waals surface area contributed by atoms with Gasteiger partial charge in [-0.3, -0.25) is 4.79 Å². The second kappa shape index (κ2) is 6.51. The van der Waals surface area contributed by atoms with Gasteiger partial charge in [0.15, 0.2) is 11.5 Å². The van der Waals surface area contributed by atoms with E-state index >= 15 is 0 Å². The first-order valence-electron chi connectivity index (χ1n) is 5.82. The van der Waals surface area contributed by atoms with E-state index in [4.69, 9.17) is 9.47 Å². The number of carbonyl (C=O) groups is 2. The molecule has 2 aromatic rings. The Bertz CT molecular complexity index is 638. The SMILES string of the molecule is CC(=O)Oc1cccc(I)c1OC(=O)c1ccccc1. The highest BCUT2D eigenvalue weighted by atomic mass is 127. The number of benzene rings is 2. The van der Waals surface area contributed by atoms with Gasteiger partial charge in [0.05, 0.1) is 9.13 Å². The smallest absolute Gasteiger partial charge is 0.343 e. The van der Waals surface area contributed by atoms with Crippen molar-refractivity contribution in [3.8, 4) is 11.5 Å².